The van der Waals surface area contributed by atoms with Crippen LogP contribution in [0.4, 0.5) is 11.6 Å². The Morgan fingerprint density at radius 2 is 1.16 bits per heavy atom. The van der Waals surface area contributed by atoms with Gasteiger partial charge < -0.3 is 79.5 Å². The van der Waals surface area contributed by atoms with E-state index in [1.165, 1.54) is 30.5 Å². The summed E-state index contributed by atoms with van der Waals surface area (Å²) >= 11 is 3.90. The van der Waals surface area contributed by atoms with Crippen molar-refractivity contribution in [2.75, 3.05) is 23.3 Å². The van der Waals surface area contributed by atoms with Crippen LogP contribution in [-0.2, 0) is 54.5 Å². The molecular weight excluding hydrogens is 1010 g/mol. The van der Waals surface area contributed by atoms with Crippen LogP contribution in [0.3, 0.4) is 0 Å². The molecule has 19 N–H and O–H groups in total. The van der Waals surface area contributed by atoms with Crippen molar-refractivity contribution >= 4 is 107 Å². The number of guanidine groups is 1. The number of aromatic nitrogens is 4. The van der Waals surface area contributed by atoms with Crippen LogP contribution in [0.5, 0.6) is 0 Å². The fourth-order valence-corrected chi connectivity index (χ4v) is 6.71. The van der Waals surface area contributed by atoms with E-state index in [-0.39, 0.29) is 54.4 Å². The molecule has 2 aromatic heterocycles. The minimum absolute atomic E-state index is 0.00307. The van der Waals surface area contributed by atoms with Gasteiger partial charge in [-0.15, -0.1) is 0 Å². The van der Waals surface area contributed by atoms with Crippen LogP contribution in [0.25, 0.3) is 11.2 Å². The van der Waals surface area contributed by atoms with Crippen molar-refractivity contribution in [2.45, 2.75) is 94.2 Å². The number of hydrogen-bond donors (Lipinski definition) is 18. The van der Waals surface area contributed by atoms with Gasteiger partial charge in [-0.25, -0.2) is 19.6 Å². The molecule has 400 valence electrons. The second-order valence-corrected chi connectivity index (χ2v) is 16.3. The molecule has 3 rings (SSSR count). The van der Waals surface area contributed by atoms with Gasteiger partial charge in [0.25, 0.3) is 11.5 Å². The first-order valence-electron chi connectivity index (χ1n) is 21.8. The van der Waals surface area contributed by atoms with Crippen LogP contribution in [0.1, 0.15) is 67.4 Å². The molecule has 3 aromatic rings. The minimum atomic E-state index is -2.10. The summed E-state index contributed by atoms with van der Waals surface area (Å²) in [5.74, 6) is -16.1. The van der Waals surface area contributed by atoms with E-state index in [1.54, 1.807) is 0 Å². The number of carboxylic acid groups (broad SMARTS) is 5. The highest BCUT2D eigenvalue weighted by atomic mass is 32.1. The van der Waals surface area contributed by atoms with Crippen LogP contribution in [0.15, 0.2) is 35.3 Å². The summed E-state index contributed by atoms with van der Waals surface area (Å²) in [6, 6.07) is -5.45. The molecule has 0 spiro atoms. The minimum Gasteiger partial charge on any atom is -0.481 e. The lowest BCUT2D eigenvalue weighted by molar-refractivity contribution is -0.145. The van der Waals surface area contributed by atoms with Gasteiger partial charge in [0.2, 0.25) is 35.5 Å². The highest BCUT2D eigenvalue weighted by Gasteiger charge is 2.35. The Balaban J connectivity index is 1.71. The number of rotatable bonds is 31. The molecule has 0 aliphatic heterocycles. The lowest BCUT2D eigenvalue weighted by atomic mass is 10.1. The lowest BCUT2D eigenvalue weighted by Crippen LogP contribution is -2.59. The lowest BCUT2D eigenvalue weighted by Gasteiger charge is -2.26. The number of benzene rings is 1. The average Bonchev–Trinajstić information content (AvgIpc) is 3.31. The van der Waals surface area contributed by atoms with Crippen LogP contribution in [0, 0.1) is 5.41 Å². The molecule has 1 aromatic carbocycles. The second-order valence-electron chi connectivity index (χ2n) is 15.8. The average molecular weight is 1060 g/mol. The maximum Gasteiger partial charge on any atom is 0.326 e. The molecule has 32 nitrogen and oxygen atoms in total. The summed E-state index contributed by atoms with van der Waals surface area (Å²) in [7, 11) is 0. The van der Waals surface area contributed by atoms with Crippen LogP contribution in [0.2, 0.25) is 0 Å². The first kappa shape index (κ1) is 59.1. The number of amides is 6. The molecule has 0 fully saturated rings. The van der Waals surface area contributed by atoms with Gasteiger partial charge >= 0.3 is 29.8 Å². The number of nitrogens with one attached hydrogen (secondary N) is 10. The van der Waals surface area contributed by atoms with Gasteiger partial charge in [-0.3, -0.25) is 58.3 Å². The Morgan fingerprint density at radius 1 is 0.662 bits per heavy atom. The van der Waals surface area contributed by atoms with Gasteiger partial charge in [-0.1, -0.05) is 0 Å². The van der Waals surface area contributed by atoms with Gasteiger partial charge in [0.05, 0.1) is 37.7 Å². The predicted molar refractivity (Wildman–Crippen MR) is 256 cm³/mol. The summed E-state index contributed by atoms with van der Waals surface area (Å²) in [5.41, 5.74) is 11.1. The molecule has 0 radical (unpaired) electrons. The summed E-state index contributed by atoms with van der Waals surface area (Å²) in [6.45, 7) is -0.0183. The maximum atomic E-state index is 13.7. The highest BCUT2D eigenvalue weighted by Crippen LogP contribution is 2.13. The Hall–Kier alpha value is -9.17. The zero-order valence-corrected chi connectivity index (χ0v) is 39.6. The van der Waals surface area contributed by atoms with Gasteiger partial charge in [-0.2, -0.15) is 17.6 Å². The van der Waals surface area contributed by atoms with Gasteiger partial charge in [0.1, 0.15) is 36.3 Å². The number of nitrogen functional groups attached to an aromatic ring is 1. The molecule has 74 heavy (non-hydrogen) atoms. The third-order valence-corrected chi connectivity index (χ3v) is 10.3. The van der Waals surface area contributed by atoms with Crippen LogP contribution in [-0.4, -0.2) is 165 Å². The largest absolute Gasteiger partial charge is 0.481 e. The SMILES string of the molecule is N=C(N)NCCC[C@H](NC(=O)[C@H](CC(=O)O)NC(=O)CC[C@H](NC(=O)c1ccc(NCc2cnc3nc(N)[nH]c(=O)c3n2)cc1)C(=O)O)C(=O)N[C@@H](CC(=O)O)C(=O)N[C@@H](CC(=O)O)C(=O)N[C@@H](CCS)C(=O)O. The molecule has 0 bridgehead atoms. The van der Waals surface area contributed by atoms with E-state index in [0.717, 1.165) is 0 Å². The molecular formula is C41H53N15O17S. The fourth-order valence-electron chi connectivity index (χ4n) is 6.45. The molecule has 33 heteroatoms. The van der Waals surface area contributed by atoms with E-state index in [4.69, 9.17) is 16.9 Å². The van der Waals surface area contributed by atoms with Crippen molar-refractivity contribution in [2.24, 2.45) is 5.73 Å². The predicted octanol–water partition coefficient (Wildman–Crippen LogP) is -4.61. The summed E-state index contributed by atoms with van der Waals surface area (Å²) in [6.07, 6.45) is -4.08. The number of nitrogens with zero attached hydrogens (tertiary/aromatic N) is 3. The topological polar surface area (TPSA) is 533 Å². The van der Waals surface area contributed by atoms with Gasteiger partial charge in [-0.05, 0) is 55.7 Å². The molecule has 2 heterocycles. The van der Waals surface area contributed by atoms with Crippen molar-refractivity contribution < 1.29 is 78.3 Å². The second kappa shape index (κ2) is 28.6. The van der Waals surface area contributed by atoms with Crippen molar-refractivity contribution in [1.82, 2.24) is 57.2 Å². The zero-order chi connectivity index (χ0) is 55.2. The maximum absolute atomic E-state index is 13.7. The van der Waals surface area contributed by atoms with E-state index < -0.39 is 152 Å². The monoisotopic (exact) mass is 1060 g/mol. The first-order valence-corrected chi connectivity index (χ1v) is 22.5. The van der Waals surface area contributed by atoms with Crippen LogP contribution >= 0.6 is 12.6 Å². The van der Waals surface area contributed by atoms with E-state index in [2.05, 4.69) is 64.5 Å². The highest BCUT2D eigenvalue weighted by molar-refractivity contribution is 7.80. The number of aliphatic carboxylic acids is 5. The van der Waals surface area contributed by atoms with Gasteiger partial charge in [0, 0.05) is 24.2 Å². The van der Waals surface area contributed by atoms with E-state index in [0.29, 0.717) is 11.4 Å². The Kier molecular flexibility index (Phi) is 22.9. The standard InChI is InChI=1S/C41H53N15O17S/c42-40(43)45-10-1-2-20(33(65)53-25(14-29(62)63)36(68)54-24(13-28(60)61)35(67)52-22(9-11-74)39(72)73)50-34(66)23(12-27(58)59)49-26(57)8-7-21(38(70)71)51-32(64)17-3-5-18(6-4-17)46-15-19-16-47-31-30(48-19)37(69)56-41(44)55-31/h3-6,16,20-25,46,74H,1-2,7-15H2,(H,49,57)(H,50,66)(H,51,64)(H,52,67)(H,53,65)(H,54,68)(H,58,59)(H,60,61)(H,62,63)(H,70,71)(H,72,73)(H4,42,43,45)(H3,44,47,55,56,69)/t20-,21-,22-,23-,24-,25-/m0/s1. The van der Waals surface area contributed by atoms with Crippen molar-refractivity contribution in [3.8, 4) is 0 Å². The molecule has 0 aliphatic rings. The molecule has 6 amide bonds. The number of carbonyl (C=O) groups is 11. The quantitative estimate of drug-likeness (QED) is 0.0125. The van der Waals surface area contributed by atoms with Crippen molar-refractivity contribution in [3.05, 3.63) is 52.1 Å². The molecule has 0 saturated carbocycles. The number of H-pyrrole nitrogens is 1. The number of aromatic amines is 1. The zero-order valence-electron chi connectivity index (χ0n) is 38.7. The third kappa shape index (κ3) is 19.9. The number of nitrogens with two attached hydrogens (primary N) is 2. The van der Waals surface area contributed by atoms with Crippen molar-refractivity contribution in [1.29, 1.82) is 5.41 Å². The summed E-state index contributed by atoms with van der Waals surface area (Å²) in [4.78, 5) is 165. The summed E-state index contributed by atoms with van der Waals surface area (Å²) < 4.78 is 0. The Bertz CT molecular complexity index is 2670. The number of anilines is 2. The number of carbonyl (C=O) groups excluding carboxylic acids is 6. The number of thiol groups is 1. The van der Waals surface area contributed by atoms with Crippen LogP contribution < -0.4 is 59.6 Å². The first-order chi connectivity index (χ1) is 34.9. The molecule has 0 unspecified atom stereocenters. The Morgan fingerprint density at radius 3 is 1.68 bits per heavy atom. The Labute approximate surface area is 421 Å². The third-order valence-electron chi connectivity index (χ3n) is 10.1. The van der Waals surface area contributed by atoms with E-state index in [9.17, 15) is 83.1 Å². The number of carboxylic acids is 5. The summed E-state index contributed by atoms with van der Waals surface area (Å²) in [5, 5.41) is 73.2. The molecule has 0 saturated heterocycles. The smallest absolute Gasteiger partial charge is 0.326 e. The number of hydrogen-bond acceptors (Lipinski definition) is 19. The fraction of sp³-hybridized carbons (Fsp3) is 0.415. The molecule has 6 atom stereocenters. The van der Waals surface area contributed by atoms with Gasteiger partial charge in [0.15, 0.2) is 17.1 Å². The van der Waals surface area contributed by atoms with Crippen molar-refractivity contribution in [3.63, 3.8) is 0 Å². The van der Waals surface area contributed by atoms with E-state index in [1.807, 2.05) is 10.6 Å². The normalized spacial score (nSPS) is 13.2. The van der Waals surface area contributed by atoms with E-state index >= 15 is 0 Å². The molecule has 0 aliphatic carbocycles. The number of fused-ring (bicyclic) bond motifs is 1.